The molecule has 2 heterocycles. The van der Waals surface area contributed by atoms with Crippen LogP contribution in [0.2, 0.25) is 0 Å². The highest BCUT2D eigenvalue weighted by molar-refractivity contribution is 5.98. The lowest BCUT2D eigenvalue weighted by Gasteiger charge is -2.34. The van der Waals surface area contributed by atoms with E-state index in [9.17, 15) is 33.9 Å². The Morgan fingerprint density at radius 2 is 1.62 bits per heavy atom. The number of nitrogens with one attached hydrogen (secondary N) is 4. The van der Waals surface area contributed by atoms with E-state index in [2.05, 4.69) is 31.2 Å². The highest BCUT2D eigenvalue weighted by atomic mass is 16.6. The number of ether oxygens (including phenoxy) is 1. The molecule has 2 aliphatic carbocycles. The second-order valence-corrected chi connectivity index (χ2v) is 17.6. The van der Waals surface area contributed by atoms with Gasteiger partial charge in [0.05, 0.1) is 30.2 Å². The molecular weight excluding hydrogens is 767 g/mol. The lowest BCUT2D eigenvalue weighted by Crippen LogP contribution is -2.55. The molecule has 2 saturated carbocycles. The SMILES string of the molecule is CCC[C@H](NC(=O)[C@@H]1CN(C(=O)Oc2cccc3ccccc23)C[C@@H]1NC(=O)[C@@H](CC(=O)[C@@H](NC(=O)c1cnccn1)C1CCCCC1)C(C)(C)C)C(O)C(=O)NC1CC1. The number of carbonyl (C=O) groups is 6. The number of hydrogen-bond acceptors (Lipinski definition) is 10. The zero-order chi connectivity index (χ0) is 43.0. The van der Waals surface area contributed by atoms with E-state index in [1.165, 1.54) is 23.5 Å². The first-order valence-electron chi connectivity index (χ1n) is 21.4. The van der Waals surface area contributed by atoms with Crippen LogP contribution in [-0.2, 0) is 19.2 Å². The Morgan fingerprint density at radius 3 is 2.30 bits per heavy atom. The molecule has 6 rings (SSSR count). The Balaban J connectivity index is 1.22. The van der Waals surface area contributed by atoms with E-state index in [-0.39, 0.29) is 42.9 Å². The van der Waals surface area contributed by atoms with Crippen LogP contribution in [0.3, 0.4) is 0 Å². The lowest BCUT2D eigenvalue weighted by molar-refractivity contribution is -0.135. The van der Waals surface area contributed by atoms with Crippen LogP contribution in [0, 0.1) is 23.2 Å². The van der Waals surface area contributed by atoms with Gasteiger partial charge in [-0.05, 0) is 54.9 Å². The molecule has 0 spiro atoms. The maximum Gasteiger partial charge on any atom is 0.415 e. The van der Waals surface area contributed by atoms with Gasteiger partial charge in [0.15, 0.2) is 11.9 Å². The number of likely N-dealkylation sites (tertiary alicyclic amines) is 1. The van der Waals surface area contributed by atoms with Crippen LogP contribution >= 0.6 is 0 Å². The van der Waals surface area contributed by atoms with Crippen LogP contribution in [0.25, 0.3) is 10.8 Å². The molecule has 1 unspecified atom stereocenters. The van der Waals surface area contributed by atoms with E-state index in [0.29, 0.717) is 18.6 Å². The lowest BCUT2D eigenvalue weighted by atomic mass is 9.74. The average molecular weight is 826 g/mol. The van der Waals surface area contributed by atoms with E-state index in [4.69, 9.17) is 4.74 Å². The molecule has 322 valence electrons. The molecule has 6 atom stereocenters. The number of aliphatic hydroxyl groups excluding tert-OH is 1. The standard InChI is InChI=1S/C45H59N7O8/c1-5-12-33(39(54)43(58)48-29-19-20-29)49-40(55)31-25-52(44(59)60-37-18-11-16-27-13-9-10-17-30(27)37)26-35(31)50-41(56)32(45(2,3)4)23-36(53)38(28-14-7-6-8-15-28)51-42(57)34-24-46-21-22-47-34/h9-11,13,16-18,21-22,24,28-29,31-33,35,38-39,54H,5-8,12,14-15,19-20,23,25-26H2,1-4H3,(H,48,58)(H,49,55)(H,50,56)(H,51,57)/t31-,32-,33+,35+,38+,39?/m1/s1. The Labute approximate surface area is 351 Å². The van der Waals surface area contributed by atoms with Gasteiger partial charge in [-0.15, -0.1) is 0 Å². The maximum absolute atomic E-state index is 14.5. The molecule has 1 aromatic heterocycles. The fraction of sp³-hybridized carbons (Fsp3) is 0.556. The van der Waals surface area contributed by atoms with E-state index >= 15 is 0 Å². The van der Waals surface area contributed by atoms with Gasteiger partial charge in [-0.1, -0.05) is 89.8 Å². The molecular formula is C45H59N7O8. The minimum absolute atomic E-state index is 0.0101. The molecule has 5 N–H and O–H groups in total. The number of benzene rings is 2. The van der Waals surface area contributed by atoms with Gasteiger partial charge in [0.2, 0.25) is 11.8 Å². The molecule has 15 nitrogen and oxygen atoms in total. The third-order valence-electron chi connectivity index (χ3n) is 12.0. The molecule has 60 heavy (non-hydrogen) atoms. The molecule has 3 fully saturated rings. The van der Waals surface area contributed by atoms with Crippen molar-refractivity contribution >= 4 is 46.3 Å². The number of carbonyl (C=O) groups excluding carboxylic acids is 6. The quantitative estimate of drug-likeness (QED) is 0.137. The van der Waals surface area contributed by atoms with E-state index in [1.807, 2.05) is 58.0 Å². The van der Waals surface area contributed by atoms with Crippen LogP contribution < -0.4 is 26.0 Å². The Bertz CT molecular complexity index is 2010. The molecule has 3 aromatic rings. The van der Waals surface area contributed by atoms with Gasteiger partial charge in [0.1, 0.15) is 11.4 Å². The number of fused-ring (bicyclic) bond motifs is 1. The van der Waals surface area contributed by atoms with E-state index in [0.717, 1.165) is 55.7 Å². The fourth-order valence-corrected chi connectivity index (χ4v) is 8.38. The molecule has 0 bridgehead atoms. The molecule has 0 radical (unpaired) electrons. The molecule has 1 aliphatic heterocycles. The Kier molecular flexibility index (Phi) is 14.5. The fourth-order valence-electron chi connectivity index (χ4n) is 8.38. The van der Waals surface area contributed by atoms with Crippen molar-refractivity contribution in [2.75, 3.05) is 13.1 Å². The van der Waals surface area contributed by atoms with Crippen molar-refractivity contribution in [3.05, 3.63) is 66.7 Å². The van der Waals surface area contributed by atoms with Crippen LogP contribution in [-0.4, -0.2) is 98.8 Å². The number of aromatic nitrogens is 2. The summed E-state index contributed by atoms with van der Waals surface area (Å²) in [5.74, 6) is -4.06. The first kappa shape index (κ1) is 44.1. The maximum atomic E-state index is 14.5. The van der Waals surface area contributed by atoms with Crippen molar-refractivity contribution < 1.29 is 38.6 Å². The average Bonchev–Trinajstić information content (AvgIpc) is 3.96. The molecule has 3 aliphatic rings. The van der Waals surface area contributed by atoms with Crippen molar-refractivity contribution in [3.63, 3.8) is 0 Å². The predicted octanol–water partition coefficient (Wildman–Crippen LogP) is 4.47. The molecule has 2 aromatic carbocycles. The summed E-state index contributed by atoms with van der Waals surface area (Å²) in [4.78, 5) is 92.5. The molecule has 5 amide bonds. The minimum atomic E-state index is -1.50. The van der Waals surface area contributed by atoms with Gasteiger partial charge in [-0.25, -0.2) is 9.78 Å². The van der Waals surface area contributed by atoms with Gasteiger partial charge in [0.25, 0.3) is 11.8 Å². The summed E-state index contributed by atoms with van der Waals surface area (Å²) >= 11 is 0. The topological polar surface area (TPSA) is 209 Å². The second-order valence-electron chi connectivity index (χ2n) is 17.6. The van der Waals surface area contributed by atoms with Gasteiger partial charge >= 0.3 is 6.09 Å². The largest absolute Gasteiger partial charge is 0.415 e. The first-order chi connectivity index (χ1) is 28.7. The summed E-state index contributed by atoms with van der Waals surface area (Å²) in [7, 11) is 0. The second kappa shape index (κ2) is 19.7. The number of hydrogen-bond donors (Lipinski definition) is 5. The Hall–Kier alpha value is -5.44. The highest BCUT2D eigenvalue weighted by Gasteiger charge is 2.45. The van der Waals surface area contributed by atoms with Crippen LogP contribution in [0.15, 0.2) is 61.1 Å². The Morgan fingerprint density at radius 1 is 0.883 bits per heavy atom. The number of Topliss-reactive ketones (excluding diaryl/α,β-unsaturated/α-hetero) is 1. The summed E-state index contributed by atoms with van der Waals surface area (Å²) in [5, 5.41) is 24.2. The van der Waals surface area contributed by atoms with Crippen molar-refractivity contribution in [2.24, 2.45) is 23.2 Å². The summed E-state index contributed by atoms with van der Waals surface area (Å²) in [6.45, 7) is 7.24. The molecule has 15 heteroatoms. The third-order valence-corrected chi connectivity index (χ3v) is 12.0. The summed E-state index contributed by atoms with van der Waals surface area (Å²) in [5.41, 5.74) is -0.650. The summed E-state index contributed by atoms with van der Waals surface area (Å²) in [6, 6.07) is 10.2. The highest BCUT2D eigenvalue weighted by Crippen LogP contribution is 2.34. The van der Waals surface area contributed by atoms with Crippen molar-refractivity contribution in [1.82, 2.24) is 36.1 Å². The minimum Gasteiger partial charge on any atom is -0.410 e. The summed E-state index contributed by atoms with van der Waals surface area (Å²) in [6.07, 6.45) is 8.73. The summed E-state index contributed by atoms with van der Waals surface area (Å²) < 4.78 is 5.89. The van der Waals surface area contributed by atoms with Gasteiger partial charge in [0, 0.05) is 49.2 Å². The van der Waals surface area contributed by atoms with Gasteiger partial charge in [-0.3, -0.25) is 29.0 Å². The normalized spacial score (nSPS) is 20.3. The van der Waals surface area contributed by atoms with Crippen molar-refractivity contribution in [3.8, 4) is 5.75 Å². The number of ketones is 1. The number of rotatable bonds is 16. The molecule has 1 saturated heterocycles. The smallest absolute Gasteiger partial charge is 0.410 e. The number of nitrogens with zero attached hydrogens (tertiary/aromatic N) is 3. The van der Waals surface area contributed by atoms with Crippen molar-refractivity contribution in [2.45, 2.75) is 122 Å². The number of amides is 5. The van der Waals surface area contributed by atoms with Gasteiger partial charge in [-0.2, -0.15) is 0 Å². The predicted molar refractivity (Wildman–Crippen MR) is 223 cm³/mol. The monoisotopic (exact) mass is 825 g/mol. The van der Waals surface area contributed by atoms with Crippen LogP contribution in [0.1, 0.15) is 102 Å². The van der Waals surface area contributed by atoms with E-state index in [1.54, 1.807) is 12.1 Å². The first-order valence-corrected chi connectivity index (χ1v) is 21.4. The number of aliphatic hydroxyl groups is 1. The zero-order valence-electron chi connectivity index (χ0n) is 35.0. The third kappa shape index (κ3) is 11.2. The van der Waals surface area contributed by atoms with Crippen LogP contribution in [0.5, 0.6) is 5.75 Å². The van der Waals surface area contributed by atoms with Gasteiger partial charge < -0.3 is 36.0 Å². The van der Waals surface area contributed by atoms with E-state index < -0.39 is 71.2 Å². The van der Waals surface area contributed by atoms with Crippen molar-refractivity contribution in [1.29, 1.82) is 0 Å². The van der Waals surface area contributed by atoms with Crippen LogP contribution in [0.4, 0.5) is 4.79 Å². The zero-order valence-corrected chi connectivity index (χ0v) is 35.0.